The Labute approximate surface area is 143 Å². The van der Waals surface area contributed by atoms with Gasteiger partial charge in [0, 0.05) is 37.6 Å². The Balaban J connectivity index is 1.64. The number of methoxy groups -OCH3 is 1. The van der Waals surface area contributed by atoms with Gasteiger partial charge in [-0.15, -0.1) is 5.10 Å². The van der Waals surface area contributed by atoms with Crippen LogP contribution in [-0.4, -0.2) is 33.6 Å². The Bertz CT molecular complexity index is 825. The van der Waals surface area contributed by atoms with E-state index in [-0.39, 0.29) is 5.69 Å². The topological polar surface area (TPSA) is 85.9 Å². The zero-order chi connectivity index (χ0) is 16.8. The third-order valence-electron chi connectivity index (χ3n) is 3.42. The molecular formula is C16H18N4O3S. The molecule has 24 heavy (non-hydrogen) atoms. The van der Waals surface area contributed by atoms with Crippen molar-refractivity contribution in [2.75, 3.05) is 13.7 Å². The van der Waals surface area contributed by atoms with Crippen LogP contribution in [0.3, 0.4) is 0 Å². The first-order chi connectivity index (χ1) is 11.8. The molecule has 7 nitrogen and oxygen atoms in total. The number of benzene rings is 1. The molecule has 0 spiro atoms. The third-order valence-corrected chi connectivity index (χ3v) is 4.43. The van der Waals surface area contributed by atoms with Crippen LogP contribution >= 0.6 is 11.8 Å². The number of nitrogens with one attached hydrogen (secondary N) is 1. The first-order valence-corrected chi connectivity index (χ1v) is 8.54. The summed E-state index contributed by atoms with van der Waals surface area (Å²) in [6.45, 7) is 1.17. The molecule has 1 aromatic carbocycles. The highest BCUT2D eigenvalue weighted by molar-refractivity contribution is 7.98. The summed E-state index contributed by atoms with van der Waals surface area (Å²) < 4.78 is 12.0. The predicted octanol–water partition coefficient (Wildman–Crippen LogP) is 2.56. The number of rotatable bonds is 8. The fourth-order valence-corrected chi connectivity index (χ4v) is 3.09. The zero-order valence-electron chi connectivity index (χ0n) is 13.3. The number of ether oxygens (including phenoxy) is 1. The van der Waals surface area contributed by atoms with Gasteiger partial charge in [0.15, 0.2) is 10.9 Å². The van der Waals surface area contributed by atoms with E-state index < -0.39 is 0 Å². The van der Waals surface area contributed by atoms with Crippen LogP contribution < -0.4 is 5.69 Å². The number of aromatic amines is 1. The Morgan fingerprint density at radius 2 is 2.17 bits per heavy atom. The van der Waals surface area contributed by atoms with E-state index in [4.69, 9.17) is 9.26 Å². The van der Waals surface area contributed by atoms with E-state index >= 15 is 0 Å². The Hall–Kier alpha value is -2.32. The van der Waals surface area contributed by atoms with Crippen molar-refractivity contribution >= 4 is 11.8 Å². The maximum absolute atomic E-state index is 11.8. The van der Waals surface area contributed by atoms with Crippen LogP contribution in [0.15, 0.2) is 50.9 Å². The van der Waals surface area contributed by atoms with Gasteiger partial charge in [0.25, 0.3) is 0 Å². The largest absolute Gasteiger partial charge is 0.385 e. The molecule has 0 aliphatic carbocycles. The van der Waals surface area contributed by atoms with Crippen LogP contribution in [0.5, 0.6) is 0 Å². The van der Waals surface area contributed by atoms with Crippen molar-refractivity contribution in [3.05, 3.63) is 52.6 Å². The van der Waals surface area contributed by atoms with Crippen molar-refractivity contribution in [1.82, 2.24) is 19.9 Å². The van der Waals surface area contributed by atoms with E-state index in [1.165, 1.54) is 11.8 Å². The molecular weight excluding hydrogens is 328 g/mol. The molecule has 0 amide bonds. The smallest absolute Gasteiger partial charge is 0.343 e. The van der Waals surface area contributed by atoms with Crippen LogP contribution in [-0.2, 0) is 17.0 Å². The second kappa shape index (κ2) is 7.98. The first-order valence-electron chi connectivity index (χ1n) is 7.56. The highest BCUT2D eigenvalue weighted by atomic mass is 32.2. The number of hydrogen-bond acceptors (Lipinski definition) is 6. The van der Waals surface area contributed by atoms with E-state index in [9.17, 15) is 4.79 Å². The minimum Gasteiger partial charge on any atom is -0.385 e. The summed E-state index contributed by atoms with van der Waals surface area (Å²) in [7, 11) is 1.64. The molecule has 0 bridgehead atoms. The highest BCUT2D eigenvalue weighted by Crippen LogP contribution is 2.24. The molecule has 0 aliphatic rings. The van der Waals surface area contributed by atoms with Crippen molar-refractivity contribution < 1.29 is 9.26 Å². The van der Waals surface area contributed by atoms with Crippen LogP contribution in [0.4, 0.5) is 0 Å². The van der Waals surface area contributed by atoms with Gasteiger partial charge in [0.05, 0.1) is 5.69 Å². The lowest BCUT2D eigenvalue weighted by atomic mass is 10.2. The van der Waals surface area contributed by atoms with E-state index in [0.717, 1.165) is 23.4 Å². The Kier molecular flexibility index (Phi) is 5.50. The Morgan fingerprint density at radius 3 is 2.96 bits per heavy atom. The van der Waals surface area contributed by atoms with Gasteiger partial charge < -0.3 is 9.26 Å². The predicted molar refractivity (Wildman–Crippen MR) is 90.8 cm³/mol. The molecule has 0 saturated carbocycles. The fourth-order valence-electron chi connectivity index (χ4n) is 2.23. The van der Waals surface area contributed by atoms with Crippen molar-refractivity contribution in [1.29, 1.82) is 0 Å². The van der Waals surface area contributed by atoms with Gasteiger partial charge in [-0.1, -0.05) is 47.3 Å². The third kappa shape index (κ3) is 3.95. The molecule has 0 radical (unpaired) electrons. The van der Waals surface area contributed by atoms with E-state index in [1.807, 2.05) is 36.4 Å². The molecule has 2 heterocycles. The van der Waals surface area contributed by atoms with Crippen molar-refractivity contribution in [3.8, 4) is 11.3 Å². The number of aromatic nitrogens is 4. The lowest BCUT2D eigenvalue weighted by Crippen LogP contribution is -2.18. The molecule has 2 aromatic heterocycles. The maximum atomic E-state index is 11.8. The molecule has 8 heteroatoms. The molecule has 0 saturated heterocycles. The van der Waals surface area contributed by atoms with E-state index in [0.29, 0.717) is 24.1 Å². The molecule has 0 atom stereocenters. The lowest BCUT2D eigenvalue weighted by Gasteiger charge is -2.03. The molecule has 1 N–H and O–H groups in total. The summed E-state index contributed by atoms with van der Waals surface area (Å²) in [6, 6.07) is 11.7. The van der Waals surface area contributed by atoms with Gasteiger partial charge >= 0.3 is 5.69 Å². The lowest BCUT2D eigenvalue weighted by molar-refractivity contribution is 0.189. The van der Waals surface area contributed by atoms with Crippen molar-refractivity contribution in [2.45, 2.75) is 23.9 Å². The number of thioether (sulfide) groups is 1. The standard InChI is InChI=1S/C16H18N4O3S/c1-22-9-5-8-20-15(21)17-18-16(20)24-11-13-10-14(23-19-13)12-6-3-2-4-7-12/h2-4,6-7,10H,5,8-9,11H2,1H3,(H,17,21). The monoisotopic (exact) mass is 346 g/mol. The SMILES string of the molecule is COCCCn1c(SCc2cc(-c3ccccc3)on2)n[nH]c1=O. The van der Waals surface area contributed by atoms with Gasteiger partial charge in [-0.05, 0) is 6.42 Å². The average molecular weight is 346 g/mol. The minimum atomic E-state index is -0.210. The van der Waals surface area contributed by atoms with Gasteiger partial charge in [-0.25, -0.2) is 9.89 Å². The molecule has 0 fully saturated rings. The number of nitrogens with zero attached hydrogens (tertiary/aromatic N) is 3. The average Bonchev–Trinajstić information content (AvgIpc) is 3.22. The zero-order valence-corrected chi connectivity index (χ0v) is 14.1. The van der Waals surface area contributed by atoms with Crippen LogP contribution in [0.2, 0.25) is 0 Å². The van der Waals surface area contributed by atoms with Gasteiger partial charge in [0.2, 0.25) is 0 Å². The van der Waals surface area contributed by atoms with Gasteiger partial charge in [-0.2, -0.15) is 0 Å². The minimum absolute atomic E-state index is 0.210. The van der Waals surface area contributed by atoms with Crippen LogP contribution in [0.25, 0.3) is 11.3 Å². The molecule has 0 unspecified atom stereocenters. The van der Waals surface area contributed by atoms with Crippen LogP contribution in [0.1, 0.15) is 12.1 Å². The van der Waals surface area contributed by atoms with Crippen molar-refractivity contribution in [3.63, 3.8) is 0 Å². The second-order valence-corrected chi connectivity index (χ2v) is 6.09. The van der Waals surface area contributed by atoms with E-state index in [1.54, 1.807) is 11.7 Å². The summed E-state index contributed by atoms with van der Waals surface area (Å²) in [5, 5.41) is 11.3. The summed E-state index contributed by atoms with van der Waals surface area (Å²) in [6.07, 6.45) is 0.756. The van der Waals surface area contributed by atoms with Gasteiger partial charge in [0.1, 0.15) is 0 Å². The summed E-state index contributed by atoms with van der Waals surface area (Å²) in [5.41, 5.74) is 1.58. The summed E-state index contributed by atoms with van der Waals surface area (Å²) in [5.74, 6) is 1.30. The number of hydrogen-bond donors (Lipinski definition) is 1. The fraction of sp³-hybridized carbons (Fsp3) is 0.312. The second-order valence-electron chi connectivity index (χ2n) is 5.15. The summed E-state index contributed by atoms with van der Waals surface area (Å²) >= 11 is 1.44. The number of H-pyrrole nitrogens is 1. The van der Waals surface area contributed by atoms with Crippen LogP contribution in [0, 0.1) is 0 Å². The molecule has 3 rings (SSSR count). The van der Waals surface area contributed by atoms with Crippen molar-refractivity contribution in [2.24, 2.45) is 0 Å². The normalized spacial score (nSPS) is 11.0. The Morgan fingerprint density at radius 1 is 1.33 bits per heavy atom. The quantitative estimate of drug-likeness (QED) is 0.498. The molecule has 0 aliphatic heterocycles. The maximum Gasteiger partial charge on any atom is 0.343 e. The summed E-state index contributed by atoms with van der Waals surface area (Å²) in [4.78, 5) is 11.8. The van der Waals surface area contributed by atoms with Gasteiger partial charge in [-0.3, -0.25) is 4.57 Å². The first kappa shape index (κ1) is 16.5. The molecule has 126 valence electrons. The van der Waals surface area contributed by atoms with E-state index in [2.05, 4.69) is 15.4 Å². The highest BCUT2D eigenvalue weighted by Gasteiger charge is 2.11. The molecule has 3 aromatic rings.